The molecule has 2 aromatic rings. The number of fused-ring (bicyclic) bond motifs is 2. The monoisotopic (exact) mass is 301 g/mol. The van der Waals surface area contributed by atoms with E-state index in [1.54, 1.807) is 6.20 Å². The lowest BCUT2D eigenvalue weighted by atomic mass is 9.84. The molecular weight excluding hydrogens is 278 g/mol. The highest BCUT2D eigenvalue weighted by Gasteiger charge is 2.20. The van der Waals surface area contributed by atoms with Crippen LogP contribution in [0.15, 0.2) is 30.5 Å². The Morgan fingerprint density at radius 2 is 1.81 bits per heavy atom. The average molecular weight is 302 g/mol. The molecule has 21 heavy (non-hydrogen) atoms. The third-order valence-corrected chi connectivity index (χ3v) is 4.24. The Hall–Kier alpha value is -1.34. The fraction of sp³-hybridized carbons (Fsp3) is 0.421. The van der Waals surface area contributed by atoms with Crippen molar-refractivity contribution < 1.29 is 0 Å². The summed E-state index contributed by atoms with van der Waals surface area (Å²) in [7, 11) is 0. The van der Waals surface area contributed by atoms with Crippen molar-refractivity contribution in [1.29, 1.82) is 0 Å². The smallest absolute Gasteiger partial charge is 0.0592 e. The summed E-state index contributed by atoms with van der Waals surface area (Å²) in [4.78, 5) is 4.59. The van der Waals surface area contributed by atoms with Crippen LogP contribution >= 0.6 is 11.6 Å². The van der Waals surface area contributed by atoms with Gasteiger partial charge in [-0.3, -0.25) is 4.98 Å². The van der Waals surface area contributed by atoms with Crippen molar-refractivity contribution in [3.05, 3.63) is 63.4 Å². The molecule has 1 aliphatic carbocycles. The van der Waals surface area contributed by atoms with Gasteiger partial charge in [0.05, 0.1) is 10.7 Å². The van der Waals surface area contributed by atoms with Gasteiger partial charge in [0.15, 0.2) is 0 Å². The molecule has 0 bridgehead atoms. The first-order valence-electron chi connectivity index (χ1n) is 7.89. The predicted molar refractivity (Wildman–Crippen MR) is 91.3 cm³/mol. The van der Waals surface area contributed by atoms with Crippen LogP contribution in [0.5, 0.6) is 0 Å². The second-order valence-electron chi connectivity index (χ2n) is 5.48. The normalized spacial score (nSPS) is 16.7. The maximum absolute atomic E-state index is 6.08. The van der Waals surface area contributed by atoms with E-state index < -0.39 is 0 Å². The van der Waals surface area contributed by atoms with Crippen LogP contribution in [0.1, 0.15) is 61.1 Å². The SMILES string of the molecule is CC.Cc1ccc2c(c1)CCCc1cc(Cl)cnc1[C@@H]2C. The van der Waals surface area contributed by atoms with Gasteiger partial charge in [-0.05, 0) is 48.9 Å². The van der Waals surface area contributed by atoms with E-state index in [1.807, 2.05) is 13.8 Å². The van der Waals surface area contributed by atoms with E-state index in [9.17, 15) is 0 Å². The van der Waals surface area contributed by atoms with Gasteiger partial charge >= 0.3 is 0 Å². The third kappa shape index (κ3) is 3.47. The Morgan fingerprint density at radius 1 is 1.10 bits per heavy atom. The molecule has 1 heterocycles. The lowest BCUT2D eigenvalue weighted by molar-refractivity contribution is 0.734. The molecule has 3 rings (SSSR count). The van der Waals surface area contributed by atoms with E-state index in [1.165, 1.54) is 27.9 Å². The van der Waals surface area contributed by atoms with Crippen LogP contribution < -0.4 is 0 Å². The van der Waals surface area contributed by atoms with Crippen LogP contribution in [-0.4, -0.2) is 4.98 Å². The Labute approximate surface area is 133 Å². The van der Waals surface area contributed by atoms with Crippen molar-refractivity contribution in [3.63, 3.8) is 0 Å². The number of benzene rings is 1. The number of halogens is 1. The van der Waals surface area contributed by atoms with E-state index in [0.717, 1.165) is 24.3 Å². The van der Waals surface area contributed by atoms with Gasteiger partial charge in [0.1, 0.15) is 0 Å². The summed E-state index contributed by atoms with van der Waals surface area (Å²) in [5.74, 6) is 0.350. The Bertz CT molecular complexity index is 565. The van der Waals surface area contributed by atoms with Gasteiger partial charge in [0, 0.05) is 12.1 Å². The summed E-state index contributed by atoms with van der Waals surface area (Å²) >= 11 is 6.08. The fourth-order valence-corrected chi connectivity index (χ4v) is 3.25. The maximum atomic E-state index is 6.08. The topological polar surface area (TPSA) is 12.9 Å². The van der Waals surface area contributed by atoms with Gasteiger partial charge in [0.25, 0.3) is 0 Å². The molecule has 0 N–H and O–H groups in total. The molecule has 0 amide bonds. The molecule has 0 saturated carbocycles. The third-order valence-electron chi connectivity index (χ3n) is 4.04. The number of pyridine rings is 1. The fourth-order valence-electron chi connectivity index (χ4n) is 3.07. The van der Waals surface area contributed by atoms with E-state index in [-0.39, 0.29) is 0 Å². The Morgan fingerprint density at radius 3 is 2.57 bits per heavy atom. The summed E-state index contributed by atoms with van der Waals surface area (Å²) in [5, 5.41) is 0.746. The molecule has 0 radical (unpaired) electrons. The van der Waals surface area contributed by atoms with Gasteiger partial charge in [-0.2, -0.15) is 0 Å². The van der Waals surface area contributed by atoms with Crippen molar-refractivity contribution in [3.8, 4) is 0 Å². The first-order valence-corrected chi connectivity index (χ1v) is 8.26. The quantitative estimate of drug-likeness (QED) is 0.607. The molecule has 0 spiro atoms. The molecule has 1 aromatic heterocycles. The molecule has 112 valence electrons. The molecular formula is C19H24ClN. The van der Waals surface area contributed by atoms with Crippen LogP contribution in [0.2, 0.25) is 5.02 Å². The molecule has 0 unspecified atom stereocenters. The van der Waals surface area contributed by atoms with Crippen molar-refractivity contribution in [1.82, 2.24) is 4.98 Å². The second kappa shape index (κ2) is 7.09. The number of rotatable bonds is 0. The minimum Gasteiger partial charge on any atom is -0.259 e. The van der Waals surface area contributed by atoms with Gasteiger partial charge in [-0.25, -0.2) is 0 Å². The highest BCUT2D eigenvalue weighted by atomic mass is 35.5. The van der Waals surface area contributed by atoms with Gasteiger partial charge < -0.3 is 0 Å². The number of nitrogens with zero attached hydrogens (tertiary/aromatic N) is 1. The summed E-state index contributed by atoms with van der Waals surface area (Å²) in [6, 6.07) is 8.87. The van der Waals surface area contributed by atoms with E-state index >= 15 is 0 Å². The van der Waals surface area contributed by atoms with Crippen LogP contribution in [0.4, 0.5) is 0 Å². The van der Waals surface area contributed by atoms with Crippen molar-refractivity contribution in [2.24, 2.45) is 0 Å². The molecule has 0 saturated heterocycles. The molecule has 0 aliphatic heterocycles. The van der Waals surface area contributed by atoms with Crippen molar-refractivity contribution >= 4 is 11.6 Å². The van der Waals surface area contributed by atoms with Crippen molar-refractivity contribution in [2.75, 3.05) is 0 Å². The van der Waals surface area contributed by atoms with Gasteiger partial charge in [-0.15, -0.1) is 0 Å². The van der Waals surface area contributed by atoms with E-state index in [0.29, 0.717) is 5.92 Å². The molecule has 1 nitrogen and oxygen atoms in total. The van der Waals surface area contributed by atoms with E-state index in [4.69, 9.17) is 11.6 Å². The first kappa shape index (κ1) is 16.0. The lowest BCUT2D eigenvalue weighted by Gasteiger charge is -2.22. The van der Waals surface area contributed by atoms with Crippen LogP contribution in [0.25, 0.3) is 0 Å². The van der Waals surface area contributed by atoms with Gasteiger partial charge in [0.2, 0.25) is 0 Å². The lowest BCUT2D eigenvalue weighted by Crippen LogP contribution is -2.10. The van der Waals surface area contributed by atoms with Crippen molar-refractivity contribution in [2.45, 2.75) is 52.9 Å². The second-order valence-corrected chi connectivity index (χ2v) is 5.91. The number of hydrogen-bond donors (Lipinski definition) is 0. The van der Waals surface area contributed by atoms with Gasteiger partial charge in [-0.1, -0.05) is 56.1 Å². The zero-order valence-corrected chi connectivity index (χ0v) is 14.2. The summed E-state index contributed by atoms with van der Waals surface area (Å²) in [6.07, 6.45) is 5.15. The predicted octanol–water partition coefficient (Wildman–Crippen LogP) is 5.71. The summed E-state index contributed by atoms with van der Waals surface area (Å²) in [6.45, 7) is 8.41. The Kier molecular flexibility index (Phi) is 5.41. The average Bonchev–Trinajstić information content (AvgIpc) is 2.48. The molecule has 2 heteroatoms. The standard InChI is InChI=1S/C17H18ClN.C2H6/c1-11-6-7-16-12(2)17-14(9-15(18)10-19-17)5-3-4-13(16)8-11;1-2/h6-10,12H,3-5H2,1-2H3;1-2H3/t12-;/m1./s1. The van der Waals surface area contributed by atoms with Crippen LogP contribution in [0.3, 0.4) is 0 Å². The molecule has 1 atom stereocenters. The number of aromatic nitrogens is 1. The maximum Gasteiger partial charge on any atom is 0.0592 e. The van der Waals surface area contributed by atoms with Crippen LogP contribution in [0, 0.1) is 6.92 Å². The van der Waals surface area contributed by atoms with E-state index in [2.05, 4.69) is 43.1 Å². The number of aryl methyl sites for hydroxylation is 3. The minimum atomic E-state index is 0.350. The van der Waals surface area contributed by atoms with Crippen LogP contribution in [-0.2, 0) is 12.8 Å². The highest BCUT2D eigenvalue weighted by Crippen LogP contribution is 2.33. The molecule has 1 aliphatic rings. The number of hydrogen-bond acceptors (Lipinski definition) is 1. The minimum absolute atomic E-state index is 0.350. The largest absolute Gasteiger partial charge is 0.259 e. The Balaban J connectivity index is 0.000000774. The summed E-state index contributed by atoms with van der Waals surface area (Å²) in [5.41, 5.74) is 6.74. The molecule has 1 aromatic carbocycles. The first-order chi connectivity index (χ1) is 10.1. The zero-order chi connectivity index (χ0) is 15.4. The molecule has 0 fully saturated rings. The zero-order valence-electron chi connectivity index (χ0n) is 13.4. The summed E-state index contributed by atoms with van der Waals surface area (Å²) < 4.78 is 0. The highest BCUT2D eigenvalue weighted by molar-refractivity contribution is 6.30.